The van der Waals surface area contributed by atoms with Crippen LogP contribution in [0.1, 0.15) is 31.7 Å². The number of benzene rings is 1. The van der Waals surface area contributed by atoms with E-state index in [1.165, 1.54) is 0 Å². The predicted molar refractivity (Wildman–Crippen MR) is 89.5 cm³/mol. The van der Waals surface area contributed by atoms with Crippen LogP contribution in [0.4, 0.5) is 5.69 Å². The highest BCUT2D eigenvalue weighted by molar-refractivity contribution is 6.36. The van der Waals surface area contributed by atoms with Crippen LogP contribution in [-0.2, 0) is 9.59 Å². The summed E-state index contributed by atoms with van der Waals surface area (Å²) in [5, 5.41) is 0.763. The number of halogens is 1. The molecule has 0 spiro atoms. The number of carbonyl (C=O) groups excluding carboxylic acids is 2. The molecule has 1 aromatic rings. The second-order valence-electron chi connectivity index (χ2n) is 5.74. The van der Waals surface area contributed by atoms with Crippen molar-refractivity contribution in [3.05, 3.63) is 28.8 Å². The molecule has 1 heterocycles. The molecule has 0 aromatic heterocycles. The average molecular weight is 323 g/mol. The van der Waals surface area contributed by atoms with Crippen molar-refractivity contribution in [3.8, 4) is 0 Å². The van der Waals surface area contributed by atoms with Crippen molar-refractivity contribution < 1.29 is 9.59 Å². The van der Waals surface area contributed by atoms with Crippen molar-refractivity contribution in [1.82, 2.24) is 4.90 Å². The van der Waals surface area contributed by atoms with Crippen LogP contribution >= 0.6 is 11.6 Å². The van der Waals surface area contributed by atoms with E-state index in [0.29, 0.717) is 19.5 Å². The van der Waals surface area contributed by atoms with Crippen molar-refractivity contribution in [1.29, 1.82) is 0 Å². The summed E-state index contributed by atoms with van der Waals surface area (Å²) in [6.07, 6.45) is 2.09. The van der Waals surface area contributed by atoms with Gasteiger partial charge >= 0.3 is 0 Å². The highest BCUT2D eigenvalue weighted by Gasteiger charge is 2.25. The first-order valence-electron chi connectivity index (χ1n) is 7.86. The number of rotatable bonds is 5. The van der Waals surface area contributed by atoms with E-state index >= 15 is 0 Å². The minimum absolute atomic E-state index is 0.252. The van der Waals surface area contributed by atoms with Gasteiger partial charge in [-0.25, -0.2) is 0 Å². The maximum absolute atomic E-state index is 12.1. The lowest BCUT2D eigenvalue weighted by atomic mass is 10.1. The maximum Gasteiger partial charge on any atom is 0.290 e. The van der Waals surface area contributed by atoms with E-state index in [4.69, 9.17) is 11.6 Å². The third kappa shape index (κ3) is 4.01. The molecule has 0 N–H and O–H groups in total. The topological polar surface area (TPSA) is 40.6 Å². The number of hydrogen-bond acceptors (Lipinski definition) is 3. The molecule has 0 saturated carbocycles. The monoisotopic (exact) mass is 322 g/mol. The molecule has 1 fully saturated rings. The predicted octanol–water partition coefficient (Wildman–Crippen LogP) is 3.06. The quantitative estimate of drug-likeness (QED) is 0.782. The second kappa shape index (κ2) is 7.63. The second-order valence-corrected chi connectivity index (χ2v) is 6.15. The normalized spacial score (nSPS) is 15.0. The molecule has 0 atom stereocenters. The molecule has 0 bridgehead atoms. The molecule has 5 heteroatoms. The highest BCUT2D eigenvalue weighted by atomic mass is 35.5. The minimum Gasteiger partial charge on any atom is -0.368 e. The van der Waals surface area contributed by atoms with Crippen LogP contribution in [0.5, 0.6) is 0 Å². The van der Waals surface area contributed by atoms with Crippen LogP contribution in [0.3, 0.4) is 0 Å². The summed E-state index contributed by atoms with van der Waals surface area (Å²) in [5.41, 5.74) is 2.17. The molecule has 0 unspecified atom stereocenters. The van der Waals surface area contributed by atoms with Gasteiger partial charge in [0.2, 0.25) is 5.78 Å². The van der Waals surface area contributed by atoms with E-state index in [-0.39, 0.29) is 11.7 Å². The molecular weight excluding hydrogens is 300 g/mol. The van der Waals surface area contributed by atoms with Crippen LogP contribution in [0.2, 0.25) is 5.02 Å². The van der Waals surface area contributed by atoms with E-state index in [0.717, 1.165) is 42.2 Å². The minimum atomic E-state index is -0.319. The number of amides is 1. The van der Waals surface area contributed by atoms with Crippen molar-refractivity contribution >= 4 is 29.0 Å². The smallest absolute Gasteiger partial charge is 0.290 e. The van der Waals surface area contributed by atoms with Crippen LogP contribution in [-0.4, -0.2) is 42.8 Å². The van der Waals surface area contributed by atoms with Crippen LogP contribution in [0.15, 0.2) is 18.2 Å². The molecule has 1 aliphatic heterocycles. The zero-order chi connectivity index (χ0) is 16.1. The molecule has 120 valence electrons. The number of anilines is 1. The number of ketones is 1. The zero-order valence-corrected chi connectivity index (χ0v) is 14.0. The third-order valence-electron chi connectivity index (χ3n) is 4.07. The fourth-order valence-corrected chi connectivity index (χ4v) is 2.73. The molecule has 0 aliphatic carbocycles. The van der Waals surface area contributed by atoms with E-state index < -0.39 is 0 Å². The summed E-state index contributed by atoms with van der Waals surface area (Å²) >= 11 is 6.05. The Morgan fingerprint density at radius 3 is 2.45 bits per heavy atom. The van der Waals surface area contributed by atoms with Crippen molar-refractivity contribution in [2.24, 2.45) is 0 Å². The molecule has 1 amide bonds. The Morgan fingerprint density at radius 2 is 1.86 bits per heavy atom. The molecule has 1 saturated heterocycles. The Labute approximate surface area is 137 Å². The van der Waals surface area contributed by atoms with Gasteiger partial charge in [-0.3, -0.25) is 9.59 Å². The van der Waals surface area contributed by atoms with Gasteiger partial charge < -0.3 is 9.80 Å². The Morgan fingerprint density at radius 1 is 1.18 bits per heavy atom. The van der Waals surface area contributed by atoms with Gasteiger partial charge in [0.05, 0.1) is 0 Å². The van der Waals surface area contributed by atoms with Gasteiger partial charge in [0.15, 0.2) is 0 Å². The Bertz CT molecular complexity index is 552. The molecule has 22 heavy (non-hydrogen) atoms. The number of hydrogen-bond donors (Lipinski definition) is 0. The fourth-order valence-electron chi connectivity index (χ4n) is 2.61. The summed E-state index contributed by atoms with van der Waals surface area (Å²) < 4.78 is 0. The van der Waals surface area contributed by atoms with Crippen LogP contribution < -0.4 is 4.90 Å². The molecule has 0 radical (unpaired) electrons. The van der Waals surface area contributed by atoms with Crippen LogP contribution in [0, 0.1) is 6.92 Å². The summed E-state index contributed by atoms with van der Waals surface area (Å²) in [5.74, 6) is -0.571. The molecule has 4 nitrogen and oxygen atoms in total. The van der Waals surface area contributed by atoms with Gasteiger partial charge in [0.1, 0.15) is 0 Å². The number of carbonyl (C=O) groups is 2. The van der Waals surface area contributed by atoms with E-state index in [1.54, 1.807) is 4.90 Å². The maximum atomic E-state index is 12.1. The van der Waals surface area contributed by atoms with Crippen LogP contribution in [0.25, 0.3) is 0 Å². The van der Waals surface area contributed by atoms with Gasteiger partial charge in [-0.15, -0.1) is 0 Å². The number of Topliss-reactive ketones (excluding diaryl/α,β-unsaturated/α-hetero) is 1. The van der Waals surface area contributed by atoms with Gasteiger partial charge in [-0.05, 0) is 37.1 Å². The first kappa shape index (κ1) is 16.8. The summed E-state index contributed by atoms with van der Waals surface area (Å²) in [6, 6.07) is 5.96. The molecule has 2 rings (SSSR count). The number of aryl methyl sites for hydroxylation is 1. The van der Waals surface area contributed by atoms with E-state index in [9.17, 15) is 9.59 Å². The first-order chi connectivity index (χ1) is 10.5. The fraction of sp³-hybridized carbons (Fsp3) is 0.529. The Hall–Kier alpha value is -1.55. The number of unbranched alkanes of at least 4 members (excludes halogenated alkanes) is 1. The van der Waals surface area contributed by atoms with Crippen molar-refractivity contribution in [2.45, 2.75) is 33.1 Å². The Kier molecular flexibility index (Phi) is 5.83. The standard InChI is InChI=1S/C17H23ClN2O2/c1-3-4-5-16(21)17(22)20-10-8-19(9-11-20)14-6-7-15(18)13(2)12-14/h6-7,12H,3-5,8-11H2,1-2H3. The number of nitrogens with zero attached hydrogens (tertiary/aromatic N) is 2. The highest BCUT2D eigenvalue weighted by Crippen LogP contribution is 2.23. The van der Waals surface area contributed by atoms with Crippen molar-refractivity contribution in [2.75, 3.05) is 31.1 Å². The van der Waals surface area contributed by atoms with E-state index in [1.807, 2.05) is 26.0 Å². The molecular formula is C17H23ClN2O2. The van der Waals surface area contributed by atoms with Gasteiger partial charge in [0.25, 0.3) is 5.91 Å². The molecule has 1 aromatic carbocycles. The summed E-state index contributed by atoms with van der Waals surface area (Å²) in [4.78, 5) is 27.8. The average Bonchev–Trinajstić information content (AvgIpc) is 2.54. The van der Waals surface area contributed by atoms with E-state index in [2.05, 4.69) is 11.0 Å². The van der Waals surface area contributed by atoms with Gasteiger partial charge in [-0.1, -0.05) is 24.9 Å². The van der Waals surface area contributed by atoms with Gasteiger partial charge in [0, 0.05) is 43.3 Å². The number of piperazine rings is 1. The molecule has 1 aliphatic rings. The first-order valence-corrected chi connectivity index (χ1v) is 8.24. The van der Waals surface area contributed by atoms with Gasteiger partial charge in [-0.2, -0.15) is 0 Å². The Balaban J connectivity index is 1.91. The SMILES string of the molecule is CCCCC(=O)C(=O)N1CCN(c2ccc(Cl)c(C)c2)CC1. The lowest BCUT2D eigenvalue weighted by Gasteiger charge is -2.36. The largest absolute Gasteiger partial charge is 0.368 e. The zero-order valence-electron chi connectivity index (χ0n) is 13.3. The summed E-state index contributed by atoms with van der Waals surface area (Å²) in [6.45, 7) is 6.68. The summed E-state index contributed by atoms with van der Waals surface area (Å²) in [7, 11) is 0. The lowest BCUT2D eigenvalue weighted by Crippen LogP contribution is -2.50. The third-order valence-corrected chi connectivity index (χ3v) is 4.49. The lowest BCUT2D eigenvalue weighted by molar-refractivity contribution is -0.144. The van der Waals surface area contributed by atoms with Crippen molar-refractivity contribution in [3.63, 3.8) is 0 Å².